The summed E-state index contributed by atoms with van der Waals surface area (Å²) in [5.74, 6) is 0.0505. The molecule has 2 rings (SSSR count). The Hall–Kier alpha value is -4.13. The number of azo groups is 1. The number of nitro benzene ring substituents is 2. The molecule has 0 saturated carbocycles. The van der Waals surface area contributed by atoms with E-state index in [2.05, 4.69) is 44.6 Å². The van der Waals surface area contributed by atoms with E-state index in [-0.39, 0.29) is 27.4 Å². The van der Waals surface area contributed by atoms with Crippen molar-refractivity contribution in [1.29, 1.82) is 0 Å². The highest BCUT2D eigenvalue weighted by Gasteiger charge is 2.24. The molecule has 35 heavy (non-hydrogen) atoms. The first-order chi connectivity index (χ1) is 16.6. The van der Waals surface area contributed by atoms with Gasteiger partial charge in [0, 0.05) is 32.1 Å². The second-order valence-electron chi connectivity index (χ2n) is 6.94. The second-order valence-corrected chi connectivity index (χ2v) is 7.80. The number of hydrogen-bond donors (Lipinski definition) is 1. The lowest BCUT2D eigenvalue weighted by molar-refractivity contribution is -0.393. The van der Waals surface area contributed by atoms with Crippen molar-refractivity contribution in [1.82, 2.24) is 0 Å². The molecule has 2 aromatic rings. The maximum absolute atomic E-state index is 11.9. The van der Waals surface area contributed by atoms with E-state index in [1.54, 1.807) is 25.1 Å². The van der Waals surface area contributed by atoms with Crippen LogP contribution in [-0.4, -0.2) is 35.5 Å². The van der Waals surface area contributed by atoms with Gasteiger partial charge in [0.2, 0.25) is 5.91 Å². The summed E-state index contributed by atoms with van der Waals surface area (Å²) in [6.07, 6.45) is 3.41. The Morgan fingerprint density at radius 2 is 1.80 bits per heavy atom. The summed E-state index contributed by atoms with van der Waals surface area (Å²) in [5, 5.41) is 33.4. The third kappa shape index (κ3) is 6.93. The number of halogens is 1. The topological polar surface area (TPSA) is 153 Å². The first-order valence-electron chi connectivity index (χ1n) is 10.2. The summed E-state index contributed by atoms with van der Waals surface area (Å²) < 4.78 is 5.78. The molecule has 184 valence electrons. The molecule has 0 radical (unpaired) electrons. The Kier molecular flexibility index (Phi) is 9.58. The zero-order chi connectivity index (χ0) is 26.1. The van der Waals surface area contributed by atoms with E-state index in [0.717, 1.165) is 12.1 Å². The number of amides is 1. The average Bonchev–Trinajstić information content (AvgIpc) is 2.78. The number of non-ortho nitro benzene ring substituents is 1. The molecule has 0 spiro atoms. The third-order valence-electron chi connectivity index (χ3n) is 4.42. The number of carbonyl (C=O) groups is 1. The van der Waals surface area contributed by atoms with Crippen LogP contribution in [0, 0.1) is 20.2 Å². The zero-order valence-corrected chi connectivity index (χ0v) is 20.6. The van der Waals surface area contributed by atoms with Crippen LogP contribution in [0.25, 0.3) is 0 Å². The molecule has 0 aliphatic rings. The number of nitro groups is 2. The molecule has 0 aliphatic carbocycles. The number of nitrogens with zero attached hydrogens (tertiary/aromatic N) is 5. The van der Waals surface area contributed by atoms with E-state index in [1.165, 1.54) is 13.0 Å². The maximum Gasteiger partial charge on any atom is 0.304 e. The number of hydrogen-bond acceptors (Lipinski definition) is 9. The maximum atomic E-state index is 11.9. The van der Waals surface area contributed by atoms with Gasteiger partial charge in [-0.05, 0) is 28.9 Å². The van der Waals surface area contributed by atoms with Gasteiger partial charge in [0.1, 0.15) is 11.4 Å². The number of anilines is 2. The van der Waals surface area contributed by atoms with Crippen LogP contribution in [0.15, 0.2) is 64.3 Å². The standard InChI is InChI=1S/C22H23BrN6O6/c1-5-8-27(9-6-2)19-12-17(24-14(4)30)18(13-21(19)35-7-3)25-26-22-16(23)10-15(28(31)32)11-20(22)29(33)34/h5-6,10-13H,1-2,7-9H2,3-4H3,(H,24,30). The van der Waals surface area contributed by atoms with Crippen LogP contribution >= 0.6 is 15.9 Å². The molecule has 13 heteroatoms. The van der Waals surface area contributed by atoms with Crippen LogP contribution in [0.3, 0.4) is 0 Å². The minimum absolute atomic E-state index is 0.00743. The van der Waals surface area contributed by atoms with Gasteiger partial charge in [0.15, 0.2) is 5.69 Å². The molecule has 0 heterocycles. The van der Waals surface area contributed by atoms with Gasteiger partial charge in [-0.25, -0.2) is 0 Å². The van der Waals surface area contributed by atoms with Crippen molar-refractivity contribution in [3.63, 3.8) is 0 Å². The van der Waals surface area contributed by atoms with Gasteiger partial charge in [-0.15, -0.1) is 23.4 Å². The lowest BCUT2D eigenvalue weighted by Gasteiger charge is -2.25. The lowest BCUT2D eigenvalue weighted by atomic mass is 10.2. The van der Waals surface area contributed by atoms with E-state index in [4.69, 9.17) is 4.74 Å². The Bertz CT molecular complexity index is 1190. The normalized spacial score (nSPS) is 10.6. The van der Waals surface area contributed by atoms with Crippen LogP contribution in [0.2, 0.25) is 0 Å². The predicted molar refractivity (Wildman–Crippen MR) is 136 cm³/mol. The summed E-state index contributed by atoms with van der Waals surface area (Å²) in [6, 6.07) is 5.07. The molecule has 0 unspecified atom stereocenters. The van der Waals surface area contributed by atoms with E-state index in [1.807, 2.05) is 4.90 Å². The van der Waals surface area contributed by atoms with Gasteiger partial charge in [-0.1, -0.05) is 12.2 Å². The molecule has 0 aromatic heterocycles. The average molecular weight is 547 g/mol. The molecule has 0 aliphatic heterocycles. The van der Waals surface area contributed by atoms with Crippen molar-refractivity contribution in [3.05, 3.63) is 74.3 Å². The lowest BCUT2D eigenvalue weighted by Crippen LogP contribution is -2.24. The number of ether oxygens (including phenoxy) is 1. The molecule has 0 fully saturated rings. The molecule has 0 bridgehead atoms. The molecule has 0 atom stereocenters. The van der Waals surface area contributed by atoms with Crippen LogP contribution < -0.4 is 15.0 Å². The Labute approximate surface area is 209 Å². The molecular weight excluding hydrogens is 524 g/mol. The number of carbonyl (C=O) groups excluding carboxylic acids is 1. The van der Waals surface area contributed by atoms with Crippen LogP contribution in [0.1, 0.15) is 13.8 Å². The minimum Gasteiger partial charge on any atom is -0.492 e. The molecule has 0 saturated heterocycles. The summed E-state index contributed by atoms with van der Waals surface area (Å²) in [7, 11) is 0. The highest BCUT2D eigenvalue weighted by molar-refractivity contribution is 9.10. The fraction of sp³-hybridized carbons (Fsp3) is 0.227. The van der Waals surface area contributed by atoms with Crippen molar-refractivity contribution < 1.29 is 19.4 Å². The number of benzene rings is 2. The highest BCUT2D eigenvalue weighted by atomic mass is 79.9. The predicted octanol–water partition coefficient (Wildman–Crippen LogP) is 6.22. The van der Waals surface area contributed by atoms with Crippen molar-refractivity contribution in [3.8, 4) is 5.75 Å². The smallest absolute Gasteiger partial charge is 0.304 e. The molecule has 1 amide bonds. The Morgan fingerprint density at radius 3 is 2.31 bits per heavy atom. The molecule has 12 nitrogen and oxygen atoms in total. The molecular formula is C22H23BrN6O6. The van der Waals surface area contributed by atoms with E-state index in [0.29, 0.717) is 31.1 Å². The fourth-order valence-corrected chi connectivity index (χ4v) is 3.57. The van der Waals surface area contributed by atoms with Gasteiger partial charge >= 0.3 is 5.69 Å². The molecule has 2 aromatic carbocycles. The van der Waals surface area contributed by atoms with Crippen molar-refractivity contribution in [2.24, 2.45) is 10.2 Å². The van der Waals surface area contributed by atoms with Gasteiger partial charge < -0.3 is 15.0 Å². The summed E-state index contributed by atoms with van der Waals surface area (Å²) >= 11 is 3.09. The van der Waals surface area contributed by atoms with Crippen molar-refractivity contribution >= 4 is 56.0 Å². The quantitative estimate of drug-likeness (QED) is 0.143. The number of nitrogens with one attached hydrogen (secondary N) is 1. The van der Waals surface area contributed by atoms with Gasteiger partial charge in [-0.3, -0.25) is 25.0 Å². The monoisotopic (exact) mass is 546 g/mol. The van der Waals surface area contributed by atoms with Crippen LogP contribution in [-0.2, 0) is 4.79 Å². The van der Waals surface area contributed by atoms with E-state index < -0.39 is 21.2 Å². The summed E-state index contributed by atoms with van der Waals surface area (Å²) in [4.78, 5) is 34.8. The summed E-state index contributed by atoms with van der Waals surface area (Å²) in [6.45, 7) is 11.9. The Balaban J connectivity index is 2.71. The van der Waals surface area contributed by atoms with E-state index in [9.17, 15) is 25.0 Å². The number of rotatable bonds is 12. The first-order valence-corrected chi connectivity index (χ1v) is 11.0. The minimum atomic E-state index is -0.794. The Morgan fingerprint density at radius 1 is 1.14 bits per heavy atom. The van der Waals surface area contributed by atoms with E-state index >= 15 is 0 Å². The summed E-state index contributed by atoms with van der Waals surface area (Å²) in [5.41, 5.74) is -0.245. The van der Waals surface area contributed by atoms with Crippen molar-refractivity contribution in [2.45, 2.75) is 13.8 Å². The molecule has 1 N–H and O–H groups in total. The van der Waals surface area contributed by atoms with Gasteiger partial charge in [0.05, 0.1) is 38.4 Å². The van der Waals surface area contributed by atoms with Crippen LogP contribution in [0.4, 0.5) is 34.1 Å². The largest absolute Gasteiger partial charge is 0.492 e. The first kappa shape index (κ1) is 27.1. The van der Waals surface area contributed by atoms with Gasteiger partial charge in [-0.2, -0.15) is 0 Å². The highest BCUT2D eigenvalue weighted by Crippen LogP contribution is 2.43. The zero-order valence-electron chi connectivity index (χ0n) is 19.1. The van der Waals surface area contributed by atoms with Crippen molar-refractivity contribution in [2.75, 3.05) is 29.9 Å². The second kappa shape index (κ2) is 12.4. The van der Waals surface area contributed by atoms with Crippen LogP contribution in [0.5, 0.6) is 5.75 Å². The SMILES string of the molecule is C=CCN(CC=C)c1cc(NC(C)=O)c(N=Nc2c(Br)cc([N+](=O)[O-])cc2[N+](=O)[O-])cc1OCC. The fourth-order valence-electron chi connectivity index (χ4n) is 3.05. The third-order valence-corrected chi connectivity index (χ3v) is 5.03. The van der Waals surface area contributed by atoms with Gasteiger partial charge in [0.25, 0.3) is 5.69 Å².